The van der Waals surface area contributed by atoms with Gasteiger partial charge >= 0.3 is 0 Å². The van der Waals surface area contributed by atoms with Crippen LogP contribution in [0.3, 0.4) is 0 Å². The van der Waals surface area contributed by atoms with E-state index in [4.69, 9.17) is 5.73 Å². The van der Waals surface area contributed by atoms with Crippen molar-refractivity contribution in [2.24, 2.45) is 5.73 Å². The van der Waals surface area contributed by atoms with Gasteiger partial charge in [0.15, 0.2) is 0 Å². The highest BCUT2D eigenvalue weighted by molar-refractivity contribution is 5.94. The van der Waals surface area contributed by atoms with Crippen LogP contribution >= 0.6 is 0 Å². The van der Waals surface area contributed by atoms with E-state index in [0.29, 0.717) is 18.2 Å². The van der Waals surface area contributed by atoms with Crippen LogP contribution < -0.4 is 11.1 Å². The van der Waals surface area contributed by atoms with E-state index in [1.165, 1.54) is 5.56 Å². The number of nitrogens with one attached hydrogen (secondary N) is 1. The van der Waals surface area contributed by atoms with Gasteiger partial charge in [0, 0.05) is 30.7 Å². The summed E-state index contributed by atoms with van der Waals surface area (Å²) in [5, 5.41) is 3.03. The summed E-state index contributed by atoms with van der Waals surface area (Å²) in [5.41, 5.74) is 7.68. The topological polar surface area (TPSA) is 58.4 Å². The van der Waals surface area contributed by atoms with Gasteiger partial charge in [0.1, 0.15) is 0 Å². The van der Waals surface area contributed by atoms with Crippen LogP contribution in [0.1, 0.15) is 62.9 Å². The second-order valence-electron chi connectivity index (χ2n) is 6.40. The lowest BCUT2D eigenvalue weighted by molar-refractivity contribution is 0.0935. The smallest absolute Gasteiger partial charge is 0.251 e. The molecule has 1 amide bonds. The maximum absolute atomic E-state index is 12.3. The molecule has 0 fully saturated rings. The summed E-state index contributed by atoms with van der Waals surface area (Å²) in [7, 11) is 0. The number of nitrogens with zero attached hydrogens (tertiary/aromatic N) is 1. The van der Waals surface area contributed by atoms with E-state index < -0.39 is 0 Å². The molecule has 3 N–H and O–H groups in total. The molecule has 1 aromatic rings. The Kier molecular flexibility index (Phi) is 8.89. The van der Waals surface area contributed by atoms with Crippen LogP contribution in [0.15, 0.2) is 24.3 Å². The molecule has 0 bridgehead atoms. The van der Waals surface area contributed by atoms with Crippen molar-refractivity contribution < 1.29 is 4.79 Å². The van der Waals surface area contributed by atoms with Gasteiger partial charge in [-0.05, 0) is 44.5 Å². The zero-order valence-electron chi connectivity index (χ0n) is 15.1. The highest BCUT2D eigenvalue weighted by Crippen LogP contribution is 2.10. The van der Waals surface area contributed by atoms with Gasteiger partial charge in [-0.3, -0.25) is 9.69 Å². The Morgan fingerprint density at radius 1 is 1.22 bits per heavy atom. The van der Waals surface area contributed by atoms with Crippen LogP contribution in [0, 0.1) is 0 Å². The number of benzene rings is 1. The molecule has 1 unspecified atom stereocenters. The van der Waals surface area contributed by atoms with Gasteiger partial charge < -0.3 is 11.1 Å². The van der Waals surface area contributed by atoms with E-state index in [-0.39, 0.29) is 11.9 Å². The molecule has 0 aliphatic rings. The lowest BCUT2D eigenvalue weighted by Gasteiger charge is -2.24. The van der Waals surface area contributed by atoms with Gasteiger partial charge in [0.2, 0.25) is 0 Å². The molecule has 0 aliphatic heterocycles. The zero-order chi connectivity index (χ0) is 17.2. The molecule has 4 heteroatoms. The monoisotopic (exact) mass is 319 g/mol. The van der Waals surface area contributed by atoms with E-state index in [2.05, 4.69) is 37.9 Å². The van der Waals surface area contributed by atoms with Crippen LogP contribution in [0.5, 0.6) is 0 Å². The number of nitrogens with two attached hydrogens (primary N) is 1. The Bertz CT molecular complexity index is 456. The van der Waals surface area contributed by atoms with Crippen LogP contribution in [0.25, 0.3) is 0 Å². The second kappa shape index (κ2) is 10.4. The standard InChI is InChI=1S/C19H33N3O/c1-5-7-8-18(13-20)21-19(23)17-11-9-16(10-12-17)14-22(6-2)15(3)4/h9-12,15,18H,5-8,13-14,20H2,1-4H3,(H,21,23). The van der Waals surface area contributed by atoms with Gasteiger partial charge in [-0.25, -0.2) is 0 Å². The van der Waals surface area contributed by atoms with Crippen molar-refractivity contribution in [3.63, 3.8) is 0 Å². The summed E-state index contributed by atoms with van der Waals surface area (Å²) in [4.78, 5) is 14.7. The summed E-state index contributed by atoms with van der Waals surface area (Å²) in [6, 6.07) is 8.50. The molecule has 130 valence electrons. The molecule has 0 saturated carbocycles. The molecule has 4 nitrogen and oxygen atoms in total. The first-order valence-electron chi connectivity index (χ1n) is 8.85. The molecule has 1 atom stereocenters. The number of hydrogen-bond acceptors (Lipinski definition) is 3. The number of carbonyl (C=O) groups is 1. The molecule has 0 radical (unpaired) electrons. The van der Waals surface area contributed by atoms with Gasteiger partial charge in [0.05, 0.1) is 0 Å². The van der Waals surface area contributed by atoms with Crippen LogP contribution in [0.2, 0.25) is 0 Å². The maximum Gasteiger partial charge on any atom is 0.251 e. The van der Waals surface area contributed by atoms with Crippen molar-refractivity contribution in [3.05, 3.63) is 35.4 Å². The summed E-state index contributed by atoms with van der Waals surface area (Å²) in [6.45, 7) is 11.1. The Morgan fingerprint density at radius 3 is 2.35 bits per heavy atom. The fraction of sp³-hybridized carbons (Fsp3) is 0.632. The highest BCUT2D eigenvalue weighted by Gasteiger charge is 2.13. The SMILES string of the molecule is CCCCC(CN)NC(=O)c1ccc(CN(CC)C(C)C)cc1. The average Bonchev–Trinajstić information content (AvgIpc) is 2.56. The number of rotatable bonds is 10. The summed E-state index contributed by atoms with van der Waals surface area (Å²) in [5.74, 6) is -0.0284. The molecule has 1 rings (SSSR count). The summed E-state index contributed by atoms with van der Waals surface area (Å²) >= 11 is 0. The van der Waals surface area contributed by atoms with Crippen molar-refractivity contribution in [3.8, 4) is 0 Å². The predicted molar refractivity (Wildman–Crippen MR) is 97.5 cm³/mol. The predicted octanol–water partition coefficient (Wildman–Crippen LogP) is 3.16. The summed E-state index contributed by atoms with van der Waals surface area (Å²) < 4.78 is 0. The van der Waals surface area contributed by atoms with Crippen LogP contribution in [-0.2, 0) is 6.54 Å². The Labute approximate surface area is 141 Å². The molecule has 0 heterocycles. The van der Waals surface area contributed by atoms with E-state index in [9.17, 15) is 4.79 Å². The first-order valence-corrected chi connectivity index (χ1v) is 8.85. The second-order valence-corrected chi connectivity index (χ2v) is 6.40. The van der Waals surface area contributed by atoms with Crippen molar-refractivity contribution >= 4 is 5.91 Å². The highest BCUT2D eigenvalue weighted by atomic mass is 16.1. The third-order valence-electron chi connectivity index (χ3n) is 4.26. The van der Waals surface area contributed by atoms with Crippen LogP contribution in [0.4, 0.5) is 0 Å². The third kappa shape index (κ3) is 6.71. The Balaban J connectivity index is 2.62. The van der Waals surface area contributed by atoms with E-state index in [1.807, 2.05) is 24.3 Å². The number of hydrogen-bond donors (Lipinski definition) is 2. The van der Waals surface area contributed by atoms with Gasteiger partial charge in [-0.15, -0.1) is 0 Å². The minimum atomic E-state index is -0.0284. The Hall–Kier alpha value is -1.39. The molecule has 1 aromatic carbocycles. The van der Waals surface area contributed by atoms with Crippen molar-refractivity contribution in [1.82, 2.24) is 10.2 Å². The van der Waals surface area contributed by atoms with E-state index in [1.54, 1.807) is 0 Å². The third-order valence-corrected chi connectivity index (χ3v) is 4.26. The normalized spacial score (nSPS) is 12.7. The fourth-order valence-corrected chi connectivity index (χ4v) is 2.62. The quantitative estimate of drug-likeness (QED) is 0.696. The van der Waals surface area contributed by atoms with Gasteiger partial charge in [0.25, 0.3) is 5.91 Å². The lowest BCUT2D eigenvalue weighted by Crippen LogP contribution is -2.40. The molecule has 0 aliphatic carbocycles. The molecule has 0 saturated heterocycles. The summed E-state index contributed by atoms with van der Waals surface area (Å²) in [6.07, 6.45) is 3.14. The number of carbonyl (C=O) groups excluding carboxylic acids is 1. The van der Waals surface area contributed by atoms with E-state index in [0.717, 1.165) is 32.4 Å². The molecule has 23 heavy (non-hydrogen) atoms. The fourth-order valence-electron chi connectivity index (χ4n) is 2.62. The zero-order valence-corrected chi connectivity index (χ0v) is 15.1. The minimum absolute atomic E-state index is 0.0284. The Morgan fingerprint density at radius 2 is 1.87 bits per heavy atom. The number of amides is 1. The minimum Gasteiger partial charge on any atom is -0.348 e. The largest absolute Gasteiger partial charge is 0.348 e. The van der Waals surface area contributed by atoms with Crippen LogP contribution in [-0.4, -0.2) is 36.0 Å². The maximum atomic E-state index is 12.3. The van der Waals surface area contributed by atoms with Gasteiger partial charge in [-0.1, -0.05) is 38.8 Å². The average molecular weight is 319 g/mol. The molecular formula is C19H33N3O. The lowest BCUT2D eigenvalue weighted by atomic mass is 10.1. The van der Waals surface area contributed by atoms with Crippen molar-refractivity contribution in [2.75, 3.05) is 13.1 Å². The van der Waals surface area contributed by atoms with Crippen molar-refractivity contribution in [2.45, 2.75) is 65.6 Å². The molecule has 0 aromatic heterocycles. The molecule has 0 spiro atoms. The van der Waals surface area contributed by atoms with Crippen molar-refractivity contribution in [1.29, 1.82) is 0 Å². The van der Waals surface area contributed by atoms with Gasteiger partial charge in [-0.2, -0.15) is 0 Å². The first-order chi connectivity index (χ1) is 11.0. The van der Waals surface area contributed by atoms with E-state index >= 15 is 0 Å². The first kappa shape index (κ1) is 19.7. The molecular weight excluding hydrogens is 286 g/mol. The number of unbranched alkanes of at least 4 members (excludes halogenated alkanes) is 1.